The molecule has 2 aromatic rings. The predicted octanol–water partition coefficient (Wildman–Crippen LogP) is 2.43. The molecule has 10 heteroatoms. The molecule has 0 bridgehead atoms. The van der Waals surface area contributed by atoms with Gasteiger partial charge in [0.05, 0.1) is 17.9 Å². The van der Waals surface area contributed by atoms with Crippen molar-refractivity contribution in [2.24, 2.45) is 5.41 Å². The molecule has 2 amide bonds. The number of halogens is 2. The third-order valence-corrected chi connectivity index (χ3v) is 5.85. The van der Waals surface area contributed by atoms with Crippen molar-refractivity contribution in [1.29, 1.82) is 0 Å². The minimum absolute atomic E-state index is 0.0874. The number of aliphatic hydroxyl groups is 1. The fourth-order valence-corrected chi connectivity index (χ4v) is 4.11. The van der Waals surface area contributed by atoms with Gasteiger partial charge in [0.2, 0.25) is 5.91 Å². The first-order chi connectivity index (χ1) is 15.5. The fourth-order valence-electron chi connectivity index (χ4n) is 3.93. The summed E-state index contributed by atoms with van der Waals surface area (Å²) in [5, 5.41) is 14.8. The van der Waals surface area contributed by atoms with E-state index in [1.807, 2.05) is 32.4 Å². The minimum atomic E-state index is -0.858. The van der Waals surface area contributed by atoms with Gasteiger partial charge in [0.25, 0.3) is 5.91 Å². The van der Waals surface area contributed by atoms with Gasteiger partial charge >= 0.3 is 0 Å². The highest BCUT2D eigenvalue weighted by Gasteiger charge is 2.35. The van der Waals surface area contributed by atoms with Crippen LogP contribution in [0.5, 0.6) is 0 Å². The average molecular weight is 480 g/mol. The van der Waals surface area contributed by atoms with Gasteiger partial charge in [-0.05, 0) is 43.6 Å². The number of aromatic nitrogens is 2. The Morgan fingerprint density at radius 2 is 2.03 bits per heavy atom. The molecule has 2 heterocycles. The van der Waals surface area contributed by atoms with Gasteiger partial charge in [0.15, 0.2) is 5.69 Å². The lowest BCUT2D eigenvalue weighted by Gasteiger charge is -2.30. The lowest BCUT2D eigenvalue weighted by molar-refractivity contribution is -0.125. The molecule has 3 N–H and O–H groups in total. The number of hydrogen-bond acceptors (Lipinski definition) is 5. The van der Waals surface area contributed by atoms with E-state index in [0.717, 1.165) is 13.0 Å². The molecule has 8 nitrogen and oxygen atoms in total. The number of nitrogens with zero attached hydrogens (tertiary/aromatic N) is 3. The standard InChI is InChI=1S/C23H31ClFN5O3/c1-23(2,3)19(22(33)26-8-11-31)28-21(32)18-17-13-29(4)9-5-10-30(17)20(27-18)15-12-14(24)6-7-16(15)25/h6-7,12,19,31H,5,8-11,13H2,1-4H3,(H,26,33)(H,28,32). The lowest BCUT2D eigenvalue weighted by Crippen LogP contribution is -2.54. The molecular formula is C23H31ClFN5O3. The second-order valence-electron chi connectivity index (χ2n) is 9.38. The van der Waals surface area contributed by atoms with E-state index in [2.05, 4.69) is 20.5 Å². The second-order valence-corrected chi connectivity index (χ2v) is 9.82. The first-order valence-corrected chi connectivity index (χ1v) is 11.3. The van der Waals surface area contributed by atoms with Gasteiger partial charge in [-0.2, -0.15) is 0 Å². The number of hydrogen-bond donors (Lipinski definition) is 3. The van der Waals surface area contributed by atoms with Crippen molar-refractivity contribution in [2.45, 2.75) is 46.3 Å². The number of rotatable bonds is 6. The molecule has 0 fully saturated rings. The molecule has 1 aromatic heterocycles. The average Bonchev–Trinajstić information content (AvgIpc) is 2.97. The van der Waals surface area contributed by atoms with Crippen LogP contribution in [0.25, 0.3) is 11.4 Å². The summed E-state index contributed by atoms with van der Waals surface area (Å²) >= 11 is 6.12. The molecule has 1 aromatic carbocycles. The third-order valence-electron chi connectivity index (χ3n) is 5.61. The zero-order valence-corrected chi connectivity index (χ0v) is 20.2. The van der Waals surface area contributed by atoms with Gasteiger partial charge in [-0.15, -0.1) is 0 Å². The van der Waals surface area contributed by atoms with Crippen molar-refractivity contribution < 1.29 is 19.1 Å². The van der Waals surface area contributed by atoms with Crippen LogP contribution in [-0.2, 0) is 17.9 Å². The third kappa shape index (κ3) is 5.72. The van der Waals surface area contributed by atoms with E-state index in [1.165, 1.54) is 18.2 Å². The van der Waals surface area contributed by atoms with Crippen molar-refractivity contribution in [3.05, 3.63) is 40.4 Å². The molecule has 0 radical (unpaired) electrons. The Balaban J connectivity index is 2.04. The Morgan fingerprint density at radius 1 is 1.30 bits per heavy atom. The monoisotopic (exact) mass is 479 g/mol. The van der Waals surface area contributed by atoms with Gasteiger partial charge in [0.1, 0.15) is 17.7 Å². The number of amides is 2. The Kier molecular flexibility index (Phi) is 7.76. The molecule has 33 heavy (non-hydrogen) atoms. The first kappa shape index (κ1) is 25.1. The highest BCUT2D eigenvalue weighted by atomic mass is 35.5. The maximum absolute atomic E-state index is 14.7. The quantitative estimate of drug-likeness (QED) is 0.591. The van der Waals surface area contributed by atoms with Gasteiger partial charge in [-0.1, -0.05) is 32.4 Å². The van der Waals surface area contributed by atoms with E-state index < -0.39 is 29.1 Å². The van der Waals surface area contributed by atoms with Crippen LogP contribution in [0.3, 0.4) is 0 Å². The van der Waals surface area contributed by atoms with Crippen LogP contribution >= 0.6 is 11.6 Å². The summed E-state index contributed by atoms with van der Waals surface area (Å²) in [7, 11) is 1.95. The highest BCUT2D eigenvalue weighted by Crippen LogP contribution is 2.30. The molecule has 1 aliphatic heterocycles. The molecule has 180 valence electrons. The molecule has 0 aliphatic carbocycles. The van der Waals surface area contributed by atoms with Gasteiger partial charge < -0.3 is 25.2 Å². The minimum Gasteiger partial charge on any atom is -0.395 e. The van der Waals surface area contributed by atoms with Crippen LogP contribution in [0, 0.1) is 11.2 Å². The van der Waals surface area contributed by atoms with Crippen LogP contribution in [0.4, 0.5) is 4.39 Å². The smallest absolute Gasteiger partial charge is 0.272 e. The van der Waals surface area contributed by atoms with Crippen LogP contribution in [-0.4, -0.2) is 64.2 Å². The molecule has 0 saturated heterocycles. The molecule has 1 unspecified atom stereocenters. The van der Waals surface area contributed by atoms with Crippen molar-refractivity contribution in [2.75, 3.05) is 26.7 Å². The summed E-state index contributed by atoms with van der Waals surface area (Å²) in [6, 6.07) is 3.39. The fraction of sp³-hybridized carbons (Fsp3) is 0.522. The van der Waals surface area contributed by atoms with Gasteiger partial charge in [-0.25, -0.2) is 9.37 Å². The maximum atomic E-state index is 14.7. The van der Waals surface area contributed by atoms with E-state index in [1.54, 1.807) is 0 Å². The van der Waals surface area contributed by atoms with E-state index in [9.17, 15) is 14.0 Å². The summed E-state index contributed by atoms with van der Waals surface area (Å²) in [6.07, 6.45) is 0.810. The summed E-state index contributed by atoms with van der Waals surface area (Å²) in [5.74, 6) is -1.05. The van der Waals surface area contributed by atoms with E-state index in [0.29, 0.717) is 29.6 Å². The zero-order chi connectivity index (χ0) is 24.3. The summed E-state index contributed by atoms with van der Waals surface area (Å²) in [6.45, 7) is 7.24. The Bertz CT molecular complexity index is 1030. The molecule has 0 saturated carbocycles. The van der Waals surface area contributed by atoms with Gasteiger partial charge in [-0.3, -0.25) is 9.59 Å². The lowest BCUT2D eigenvalue weighted by atomic mass is 9.86. The Morgan fingerprint density at radius 3 is 2.70 bits per heavy atom. The van der Waals surface area contributed by atoms with Crippen molar-refractivity contribution in [3.8, 4) is 11.4 Å². The SMILES string of the molecule is CN1CCCn2c(-c3cc(Cl)ccc3F)nc(C(=O)NC(C(=O)NCCO)C(C)(C)C)c2C1. The Labute approximate surface area is 198 Å². The van der Waals surface area contributed by atoms with Crippen molar-refractivity contribution in [3.63, 3.8) is 0 Å². The number of imidazole rings is 1. The summed E-state index contributed by atoms with van der Waals surface area (Å²) in [4.78, 5) is 32.7. The highest BCUT2D eigenvalue weighted by molar-refractivity contribution is 6.30. The molecule has 1 aliphatic rings. The number of carbonyl (C=O) groups excluding carboxylic acids is 2. The van der Waals surface area contributed by atoms with Crippen LogP contribution in [0.1, 0.15) is 43.4 Å². The molecule has 0 spiro atoms. The second kappa shape index (κ2) is 10.2. The number of aliphatic hydroxyl groups excluding tert-OH is 1. The predicted molar refractivity (Wildman–Crippen MR) is 124 cm³/mol. The number of carbonyl (C=O) groups is 2. The maximum Gasteiger partial charge on any atom is 0.272 e. The molecular weight excluding hydrogens is 449 g/mol. The van der Waals surface area contributed by atoms with Crippen LogP contribution < -0.4 is 10.6 Å². The molecule has 1 atom stereocenters. The summed E-state index contributed by atoms with van der Waals surface area (Å²) < 4.78 is 16.6. The van der Waals surface area contributed by atoms with E-state index in [-0.39, 0.29) is 24.4 Å². The van der Waals surface area contributed by atoms with Gasteiger partial charge in [0, 0.05) is 24.7 Å². The number of benzene rings is 1. The number of nitrogens with one attached hydrogen (secondary N) is 2. The zero-order valence-electron chi connectivity index (χ0n) is 19.4. The largest absolute Gasteiger partial charge is 0.395 e. The Hall–Kier alpha value is -2.49. The van der Waals surface area contributed by atoms with Crippen molar-refractivity contribution >= 4 is 23.4 Å². The van der Waals surface area contributed by atoms with E-state index >= 15 is 0 Å². The van der Waals surface area contributed by atoms with E-state index in [4.69, 9.17) is 16.7 Å². The summed E-state index contributed by atoms with van der Waals surface area (Å²) in [5.41, 5.74) is 0.443. The van der Waals surface area contributed by atoms with Crippen molar-refractivity contribution in [1.82, 2.24) is 25.1 Å². The van der Waals surface area contributed by atoms with Crippen LogP contribution in [0.15, 0.2) is 18.2 Å². The molecule has 3 rings (SSSR count). The first-order valence-electron chi connectivity index (χ1n) is 11.0. The normalized spacial score (nSPS) is 15.5. The topological polar surface area (TPSA) is 99.5 Å². The number of fused-ring (bicyclic) bond motifs is 1. The van der Waals surface area contributed by atoms with Crippen LogP contribution in [0.2, 0.25) is 5.02 Å².